The summed E-state index contributed by atoms with van der Waals surface area (Å²) in [6, 6.07) is 14.3. The SMILES string of the molecule is CCOc1ccc([C@@]2(O)CN(c3cccc(C)c3C)C3=[N+]2CCCS3)cc1. The second kappa shape index (κ2) is 7.21. The molecule has 0 unspecified atom stereocenters. The first-order valence-electron chi connectivity index (χ1n) is 9.61. The summed E-state index contributed by atoms with van der Waals surface area (Å²) >= 11 is 1.84. The lowest BCUT2D eigenvalue weighted by molar-refractivity contribution is -0.656. The first-order valence-corrected chi connectivity index (χ1v) is 10.6. The van der Waals surface area contributed by atoms with Crippen molar-refractivity contribution in [2.75, 3.05) is 30.3 Å². The Morgan fingerprint density at radius 3 is 2.70 bits per heavy atom. The molecule has 4 nitrogen and oxygen atoms in total. The Kier molecular flexibility index (Phi) is 4.91. The topological polar surface area (TPSA) is 35.7 Å². The van der Waals surface area contributed by atoms with Crippen LogP contribution in [0.2, 0.25) is 0 Å². The number of ether oxygens (including phenoxy) is 1. The van der Waals surface area contributed by atoms with Crippen molar-refractivity contribution in [1.82, 2.24) is 0 Å². The summed E-state index contributed by atoms with van der Waals surface area (Å²) in [7, 11) is 0. The lowest BCUT2D eigenvalue weighted by Gasteiger charge is -2.24. The molecule has 0 spiro atoms. The Bertz CT molecular complexity index is 878. The molecule has 0 aromatic heterocycles. The summed E-state index contributed by atoms with van der Waals surface area (Å²) in [6.07, 6.45) is 1.08. The third kappa shape index (κ3) is 3.13. The molecule has 2 heterocycles. The molecule has 2 aromatic rings. The number of β-amino-alcohol motifs (C(OH)–C–C–N with tert-alkyl or cyclic N) is 1. The van der Waals surface area contributed by atoms with Crippen LogP contribution in [-0.4, -0.2) is 40.3 Å². The summed E-state index contributed by atoms with van der Waals surface area (Å²) < 4.78 is 7.75. The fraction of sp³-hybridized carbons (Fsp3) is 0.409. The number of benzene rings is 2. The van der Waals surface area contributed by atoms with Gasteiger partial charge in [-0.3, -0.25) is 0 Å². The molecule has 0 saturated carbocycles. The van der Waals surface area contributed by atoms with Crippen LogP contribution >= 0.6 is 11.8 Å². The number of aliphatic hydroxyl groups is 1. The van der Waals surface area contributed by atoms with E-state index in [0.29, 0.717) is 13.2 Å². The van der Waals surface area contributed by atoms with Crippen LogP contribution in [-0.2, 0) is 5.72 Å². The molecule has 0 bridgehead atoms. The monoisotopic (exact) mass is 383 g/mol. The number of thioether (sulfide) groups is 1. The molecule has 0 aliphatic carbocycles. The number of hydrogen-bond donors (Lipinski definition) is 1. The molecule has 142 valence electrons. The van der Waals surface area contributed by atoms with Crippen molar-refractivity contribution < 1.29 is 14.4 Å². The molecular weight excluding hydrogens is 356 g/mol. The first-order chi connectivity index (χ1) is 13.0. The first kappa shape index (κ1) is 18.4. The van der Waals surface area contributed by atoms with Crippen molar-refractivity contribution >= 4 is 22.6 Å². The maximum absolute atomic E-state index is 11.8. The number of hydrogen-bond acceptors (Lipinski definition) is 4. The third-order valence-electron chi connectivity index (χ3n) is 5.54. The number of amidine groups is 1. The van der Waals surface area contributed by atoms with Gasteiger partial charge in [-0.25, -0.2) is 9.48 Å². The van der Waals surface area contributed by atoms with E-state index in [9.17, 15) is 5.11 Å². The molecule has 2 aliphatic heterocycles. The minimum absolute atomic E-state index is 0.535. The summed E-state index contributed by atoms with van der Waals surface area (Å²) in [6.45, 7) is 8.33. The summed E-state index contributed by atoms with van der Waals surface area (Å²) in [5.74, 6) is 1.93. The van der Waals surface area contributed by atoms with Crippen molar-refractivity contribution in [3.05, 3.63) is 59.2 Å². The van der Waals surface area contributed by atoms with Gasteiger partial charge in [0.05, 0.1) is 13.2 Å². The fourth-order valence-electron chi connectivity index (χ4n) is 3.95. The Hall–Kier alpha value is -1.98. The van der Waals surface area contributed by atoms with Gasteiger partial charge in [0.1, 0.15) is 11.4 Å². The number of rotatable bonds is 4. The molecule has 0 amide bonds. The van der Waals surface area contributed by atoms with E-state index in [2.05, 4.69) is 41.5 Å². The molecule has 1 atom stereocenters. The van der Waals surface area contributed by atoms with E-state index in [1.165, 1.54) is 16.8 Å². The highest BCUT2D eigenvalue weighted by atomic mass is 32.2. The molecule has 4 rings (SSSR count). The van der Waals surface area contributed by atoms with Gasteiger partial charge in [0.15, 0.2) is 6.54 Å². The Morgan fingerprint density at radius 2 is 1.96 bits per heavy atom. The average Bonchev–Trinajstić information content (AvgIpc) is 2.99. The van der Waals surface area contributed by atoms with Crippen molar-refractivity contribution in [2.24, 2.45) is 0 Å². The predicted octanol–water partition coefficient (Wildman–Crippen LogP) is 3.87. The molecule has 0 radical (unpaired) electrons. The standard InChI is InChI=1S/C22H27N2O2S/c1-4-26-19-11-9-18(10-12-19)22(25)15-23(21-24(22)13-6-14-27-21)20-8-5-7-16(2)17(20)3/h5,7-12,25H,4,6,13-15H2,1-3H3/q+1/t22-/m0/s1. The van der Waals surface area contributed by atoms with E-state index < -0.39 is 5.72 Å². The van der Waals surface area contributed by atoms with Gasteiger partial charge in [-0.05, 0) is 80.4 Å². The molecule has 5 heteroatoms. The summed E-state index contributed by atoms with van der Waals surface area (Å²) in [5, 5.41) is 12.9. The molecule has 2 aliphatic rings. The van der Waals surface area contributed by atoms with Crippen LogP contribution < -0.4 is 9.64 Å². The van der Waals surface area contributed by atoms with Crippen molar-refractivity contribution in [1.29, 1.82) is 0 Å². The zero-order chi connectivity index (χ0) is 19.0. The van der Waals surface area contributed by atoms with E-state index in [1.807, 2.05) is 43.0 Å². The third-order valence-corrected chi connectivity index (χ3v) is 6.73. The van der Waals surface area contributed by atoms with Crippen LogP contribution in [0.25, 0.3) is 0 Å². The zero-order valence-corrected chi connectivity index (χ0v) is 17.1. The molecule has 0 saturated heterocycles. The highest BCUT2D eigenvalue weighted by Gasteiger charge is 2.53. The van der Waals surface area contributed by atoms with Gasteiger partial charge >= 0.3 is 5.17 Å². The largest absolute Gasteiger partial charge is 0.494 e. The molecule has 2 aromatic carbocycles. The quantitative estimate of drug-likeness (QED) is 0.813. The summed E-state index contributed by atoms with van der Waals surface area (Å²) in [5.41, 5.74) is 3.62. The van der Waals surface area contributed by atoms with E-state index in [-0.39, 0.29) is 0 Å². The van der Waals surface area contributed by atoms with Crippen LogP contribution in [0.4, 0.5) is 5.69 Å². The fourth-order valence-corrected chi connectivity index (χ4v) is 5.12. The molecule has 0 fully saturated rings. The van der Waals surface area contributed by atoms with E-state index >= 15 is 0 Å². The smallest absolute Gasteiger partial charge is 0.316 e. The second-order valence-electron chi connectivity index (χ2n) is 7.22. The van der Waals surface area contributed by atoms with E-state index in [4.69, 9.17) is 4.74 Å². The maximum Gasteiger partial charge on any atom is 0.316 e. The van der Waals surface area contributed by atoms with Gasteiger partial charge in [0.25, 0.3) is 5.72 Å². The normalized spacial score (nSPS) is 22.1. The highest BCUT2D eigenvalue weighted by molar-refractivity contribution is 8.13. The van der Waals surface area contributed by atoms with E-state index in [0.717, 1.165) is 35.2 Å². The van der Waals surface area contributed by atoms with Gasteiger partial charge in [-0.1, -0.05) is 12.1 Å². The minimum Gasteiger partial charge on any atom is -0.494 e. The average molecular weight is 384 g/mol. The van der Waals surface area contributed by atoms with Gasteiger partial charge < -0.3 is 9.84 Å². The van der Waals surface area contributed by atoms with Crippen molar-refractivity contribution in [2.45, 2.75) is 32.9 Å². The lowest BCUT2D eigenvalue weighted by atomic mass is 10.0. The highest BCUT2D eigenvalue weighted by Crippen LogP contribution is 2.39. The molecule has 1 N–H and O–H groups in total. The Morgan fingerprint density at radius 1 is 1.19 bits per heavy atom. The van der Waals surface area contributed by atoms with Crippen LogP contribution in [0.3, 0.4) is 0 Å². The van der Waals surface area contributed by atoms with Gasteiger partial charge in [-0.15, -0.1) is 0 Å². The second-order valence-corrected chi connectivity index (χ2v) is 8.28. The maximum atomic E-state index is 11.8. The summed E-state index contributed by atoms with van der Waals surface area (Å²) in [4.78, 5) is 2.29. The van der Waals surface area contributed by atoms with Gasteiger partial charge in [0.2, 0.25) is 0 Å². The van der Waals surface area contributed by atoms with Crippen molar-refractivity contribution in [3.63, 3.8) is 0 Å². The zero-order valence-electron chi connectivity index (χ0n) is 16.2. The Labute approximate surface area is 165 Å². The predicted molar refractivity (Wildman–Crippen MR) is 112 cm³/mol. The van der Waals surface area contributed by atoms with Crippen LogP contribution in [0, 0.1) is 13.8 Å². The van der Waals surface area contributed by atoms with Crippen LogP contribution in [0.5, 0.6) is 5.75 Å². The minimum atomic E-state index is -1.02. The molecule has 27 heavy (non-hydrogen) atoms. The van der Waals surface area contributed by atoms with Crippen LogP contribution in [0.15, 0.2) is 42.5 Å². The van der Waals surface area contributed by atoms with Crippen LogP contribution in [0.1, 0.15) is 30.0 Å². The van der Waals surface area contributed by atoms with Gasteiger partial charge in [-0.2, -0.15) is 0 Å². The number of anilines is 1. The number of aryl methyl sites for hydroxylation is 1. The molecular formula is C22H27N2O2S+. The van der Waals surface area contributed by atoms with Gasteiger partial charge in [0, 0.05) is 11.3 Å². The van der Waals surface area contributed by atoms with E-state index in [1.54, 1.807) is 0 Å². The lowest BCUT2D eigenvalue weighted by Crippen LogP contribution is -2.41. The Balaban J connectivity index is 1.76. The number of nitrogens with zero attached hydrogens (tertiary/aromatic N) is 2. The van der Waals surface area contributed by atoms with Crippen molar-refractivity contribution in [3.8, 4) is 5.75 Å².